The fourth-order valence-corrected chi connectivity index (χ4v) is 2.85. The first kappa shape index (κ1) is 22.0. The lowest BCUT2D eigenvalue weighted by Gasteiger charge is -2.28. The van der Waals surface area contributed by atoms with Gasteiger partial charge in [-0.1, -0.05) is 51.1 Å². The van der Waals surface area contributed by atoms with Crippen LogP contribution in [0.3, 0.4) is 0 Å². The molecule has 0 bridgehead atoms. The topological polar surface area (TPSA) is 70.7 Å². The highest BCUT2D eigenvalue weighted by atomic mass is 16.5. The van der Waals surface area contributed by atoms with Crippen LogP contribution in [0.25, 0.3) is 0 Å². The molecule has 1 aromatic rings. The van der Waals surface area contributed by atoms with E-state index in [2.05, 4.69) is 24.5 Å². The molecule has 0 saturated carbocycles. The van der Waals surface area contributed by atoms with Gasteiger partial charge in [-0.3, -0.25) is 9.69 Å². The van der Waals surface area contributed by atoms with Crippen LogP contribution in [0.5, 0.6) is 0 Å². The molecule has 0 saturated heterocycles. The molecule has 146 valence electrons. The number of alkyl carbamates (subject to hydrolysis) is 1. The Morgan fingerprint density at radius 3 is 2.35 bits per heavy atom. The summed E-state index contributed by atoms with van der Waals surface area (Å²) in [4.78, 5) is 26.6. The summed E-state index contributed by atoms with van der Waals surface area (Å²) in [5.74, 6) is 0.321. The van der Waals surface area contributed by atoms with E-state index in [0.717, 1.165) is 18.5 Å². The third-order valence-corrected chi connectivity index (χ3v) is 4.18. The number of rotatable bonds is 10. The van der Waals surface area contributed by atoms with Gasteiger partial charge in [0, 0.05) is 12.6 Å². The van der Waals surface area contributed by atoms with E-state index in [0.29, 0.717) is 19.1 Å². The number of carbonyl (C=O) groups excluding carboxylic acids is 2. The molecule has 0 radical (unpaired) electrons. The van der Waals surface area contributed by atoms with Crippen LogP contribution >= 0.6 is 0 Å². The van der Waals surface area contributed by atoms with Crippen molar-refractivity contribution in [2.24, 2.45) is 5.92 Å². The minimum absolute atomic E-state index is 0.0695. The van der Waals surface area contributed by atoms with E-state index in [1.807, 2.05) is 49.2 Å². The van der Waals surface area contributed by atoms with Gasteiger partial charge in [0.05, 0.1) is 6.61 Å². The Kier molecular flexibility index (Phi) is 9.73. The normalized spacial score (nSPS) is 13.3. The summed E-state index contributed by atoms with van der Waals surface area (Å²) in [7, 11) is 1.93. The number of nitrogens with one attached hydrogen (secondary N) is 2. The zero-order valence-electron chi connectivity index (χ0n) is 16.6. The summed E-state index contributed by atoms with van der Waals surface area (Å²) in [6, 6.07) is 9.20. The second-order valence-electron chi connectivity index (χ2n) is 6.82. The van der Waals surface area contributed by atoms with E-state index >= 15 is 0 Å². The monoisotopic (exact) mass is 363 g/mol. The SMILES string of the molecule is CCOC(=O)NC(CNC(=O)C(c1ccccc1)N(C)CC)CC(C)C. The number of likely N-dealkylation sites (N-methyl/N-ethyl adjacent to an activating group) is 1. The first-order chi connectivity index (χ1) is 12.4. The smallest absolute Gasteiger partial charge is 0.407 e. The Hall–Kier alpha value is -2.08. The Morgan fingerprint density at radius 1 is 1.15 bits per heavy atom. The van der Waals surface area contributed by atoms with Crippen LogP contribution in [0.15, 0.2) is 30.3 Å². The molecule has 2 unspecified atom stereocenters. The molecule has 0 heterocycles. The largest absolute Gasteiger partial charge is 0.450 e. The van der Waals surface area contributed by atoms with Crippen molar-refractivity contribution in [1.29, 1.82) is 0 Å². The standard InChI is InChI=1S/C20H33N3O3/c1-6-23(5)18(16-11-9-8-10-12-16)19(24)21-14-17(13-15(3)4)22-20(25)26-7-2/h8-12,15,17-18H,6-7,13-14H2,1-5H3,(H,21,24)(H,22,25). The molecule has 2 amide bonds. The van der Waals surface area contributed by atoms with Gasteiger partial charge in [0.1, 0.15) is 6.04 Å². The molecule has 0 aliphatic heterocycles. The fraction of sp³-hybridized carbons (Fsp3) is 0.600. The highest BCUT2D eigenvalue weighted by Crippen LogP contribution is 2.19. The Balaban J connectivity index is 2.77. The second-order valence-corrected chi connectivity index (χ2v) is 6.82. The minimum atomic E-state index is -0.447. The molecule has 0 aliphatic rings. The third-order valence-electron chi connectivity index (χ3n) is 4.18. The number of ether oxygens (including phenoxy) is 1. The molecule has 0 fully saturated rings. The number of benzene rings is 1. The van der Waals surface area contributed by atoms with Crippen molar-refractivity contribution in [3.8, 4) is 0 Å². The molecule has 2 atom stereocenters. The quantitative estimate of drug-likeness (QED) is 0.670. The lowest BCUT2D eigenvalue weighted by Crippen LogP contribution is -2.47. The van der Waals surface area contributed by atoms with E-state index in [1.165, 1.54) is 0 Å². The minimum Gasteiger partial charge on any atom is -0.450 e. The van der Waals surface area contributed by atoms with Gasteiger partial charge in [0.15, 0.2) is 0 Å². The van der Waals surface area contributed by atoms with Crippen molar-refractivity contribution in [2.75, 3.05) is 26.7 Å². The second kappa shape index (κ2) is 11.5. The van der Waals surface area contributed by atoms with Crippen LogP contribution in [-0.4, -0.2) is 49.7 Å². The number of nitrogens with zero attached hydrogens (tertiary/aromatic N) is 1. The Labute approximate surface area is 157 Å². The summed E-state index contributed by atoms with van der Waals surface area (Å²) >= 11 is 0. The zero-order chi connectivity index (χ0) is 19.5. The summed E-state index contributed by atoms with van der Waals surface area (Å²) < 4.78 is 4.96. The predicted octanol–water partition coefficient (Wildman–Crippen LogP) is 2.96. The van der Waals surface area contributed by atoms with Crippen molar-refractivity contribution in [2.45, 2.75) is 46.2 Å². The van der Waals surface area contributed by atoms with Gasteiger partial charge in [-0.2, -0.15) is 0 Å². The van der Waals surface area contributed by atoms with Crippen LogP contribution in [0.2, 0.25) is 0 Å². The van der Waals surface area contributed by atoms with Crippen molar-refractivity contribution in [3.05, 3.63) is 35.9 Å². The number of hydrogen-bond acceptors (Lipinski definition) is 4. The highest BCUT2D eigenvalue weighted by molar-refractivity contribution is 5.83. The van der Waals surface area contributed by atoms with Crippen LogP contribution in [-0.2, 0) is 9.53 Å². The highest BCUT2D eigenvalue weighted by Gasteiger charge is 2.25. The molecule has 2 N–H and O–H groups in total. The summed E-state index contributed by atoms with van der Waals surface area (Å²) in [5.41, 5.74) is 0.952. The van der Waals surface area contributed by atoms with E-state index in [4.69, 9.17) is 4.74 Å². The first-order valence-electron chi connectivity index (χ1n) is 9.35. The molecule has 0 spiro atoms. The summed E-state index contributed by atoms with van der Waals surface area (Å²) in [5, 5.41) is 5.84. The lowest BCUT2D eigenvalue weighted by atomic mass is 10.0. The van der Waals surface area contributed by atoms with Gasteiger partial charge in [0.2, 0.25) is 5.91 Å². The van der Waals surface area contributed by atoms with Crippen LogP contribution in [0.1, 0.15) is 45.7 Å². The van der Waals surface area contributed by atoms with Gasteiger partial charge in [0.25, 0.3) is 0 Å². The number of hydrogen-bond donors (Lipinski definition) is 2. The van der Waals surface area contributed by atoms with Crippen molar-refractivity contribution < 1.29 is 14.3 Å². The van der Waals surface area contributed by atoms with Crippen LogP contribution in [0, 0.1) is 5.92 Å². The molecule has 26 heavy (non-hydrogen) atoms. The molecular formula is C20H33N3O3. The Morgan fingerprint density at radius 2 is 1.81 bits per heavy atom. The van der Waals surface area contributed by atoms with Gasteiger partial charge in [-0.05, 0) is 38.4 Å². The van der Waals surface area contributed by atoms with Crippen molar-refractivity contribution >= 4 is 12.0 Å². The first-order valence-corrected chi connectivity index (χ1v) is 9.35. The average molecular weight is 364 g/mol. The molecule has 0 aromatic heterocycles. The van der Waals surface area contributed by atoms with E-state index < -0.39 is 6.09 Å². The molecule has 6 heteroatoms. The molecule has 6 nitrogen and oxygen atoms in total. The third kappa shape index (κ3) is 7.44. The fourth-order valence-electron chi connectivity index (χ4n) is 2.85. The average Bonchev–Trinajstić information content (AvgIpc) is 2.60. The zero-order valence-corrected chi connectivity index (χ0v) is 16.6. The van der Waals surface area contributed by atoms with Gasteiger partial charge >= 0.3 is 6.09 Å². The number of amides is 2. The van der Waals surface area contributed by atoms with E-state index in [-0.39, 0.29) is 18.0 Å². The molecular weight excluding hydrogens is 330 g/mol. The van der Waals surface area contributed by atoms with Gasteiger partial charge < -0.3 is 15.4 Å². The predicted molar refractivity (Wildman–Crippen MR) is 104 cm³/mol. The van der Waals surface area contributed by atoms with Crippen molar-refractivity contribution in [1.82, 2.24) is 15.5 Å². The number of carbonyl (C=O) groups is 2. The van der Waals surface area contributed by atoms with E-state index in [1.54, 1.807) is 6.92 Å². The summed E-state index contributed by atoms with van der Waals surface area (Å²) in [6.45, 7) is 9.40. The molecule has 1 aromatic carbocycles. The maximum atomic E-state index is 12.8. The molecule has 1 rings (SSSR count). The van der Waals surface area contributed by atoms with Gasteiger partial charge in [-0.15, -0.1) is 0 Å². The lowest BCUT2D eigenvalue weighted by molar-refractivity contribution is -0.126. The Bertz CT molecular complexity index is 548. The van der Waals surface area contributed by atoms with Crippen LogP contribution < -0.4 is 10.6 Å². The molecule has 0 aliphatic carbocycles. The van der Waals surface area contributed by atoms with Crippen molar-refractivity contribution in [3.63, 3.8) is 0 Å². The van der Waals surface area contributed by atoms with E-state index in [9.17, 15) is 9.59 Å². The maximum absolute atomic E-state index is 12.8. The van der Waals surface area contributed by atoms with Crippen LogP contribution in [0.4, 0.5) is 4.79 Å². The summed E-state index contributed by atoms with van der Waals surface area (Å²) in [6.07, 6.45) is 0.316. The van der Waals surface area contributed by atoms with Gasteiger partial charge in [-0.25, -0.2) is 4.79 Å². The maximum Gasteiger partial charge on any atom is 0.407 e.